The van der Waals surface area contributed by atoms with Gasteiger partial charge in [-0.15, -0.1) is 0 Å². The van der Waals surface area contributed by atoms with Gasteiger partial charge in [-0.2, -0.15) is 0 Å². The highest BCUT2D eigenvalue weighted by Crippen LogP contribution is 2.37. The summed E-state index contributed by atoms with van der Waals surface area (Å²) in [5, 5.41) is 0. The molecule has 1 aliphatic heterocycles. The van der Waals surface area contributed by atoms with Crippen LogP contribution in [-0.4, -0.2) is 43.9 Å². The summed E-state index contributed by atoms with van der Waals surface area (Å²) in [5.74, 6) is -0.320. The third-order valence-electron chi connectivity index (χ3n) is 5.04. The highest BCUT2D eigenvalue weighted by Gasteiger charge is 2.28. The van der Waals surface area contributed by atoms with E-state index in [0.717, 1.165) is 35.5 Å². The molecule has 0 radical (unpaired) electrons. The number of anilines is 1. The Balaban J connectivity index is 1.87. The Hall–Kier alpha value is -3.05. The maximum atomic E-state index is 12.8. The minimum absolute atomic E-state index is 0.320. The zero-order valence-electron chi connectivity index (χ0n) is 16.0. The molecule has 0 amide bonds. The van der Waals surface area contributed by atoms with E-state index in [1.807, 2.05) is 41.0 Å². The third-order valence-corrected chi connectivity index (χ3v) is 5.04. The van der Waals surface area contributed by atoms with E-state index < -0.39 is 0 Å². The summed E-state index contributed by atoms with van der Waals surface area (Å²) in [6.45, 7) is 3.41. The van der Waals surface area contributed by atoms with Crippen molar-refractivity contribution in [3.05, 3.63) is 78.1 Å². The van der Waals surface area contributed by atoms with Crippen LogP contribution in [0.4, 0.5) is 5.69 Å². The maximum Gasteiger partial charge on any atom is 0.356 e. The fraction of sp³-hybridized carbons (Fsp3) is 0.261. The Kier molecular flexibility index (Phi) is 5.44. The lowest BCUT2D eigenvalue weighted by atomic mass is 10.1. The van der Waals surface area contributed by atoms with E-state index >= 15 is 0 Å². The number of morpholine rings is 1. The van der Waals surface area contributed by atoms with Gasteiger partial charge in [0.1, 0.15) is 0 Å². The quantitative estimate of drug-likeness (QED) is 0.635. The molecule has 1 aliphatic rings. The first-order valence-electron chi connectivity index (χ1n) is 9.51. The average molecular weight is 376 g/mol. The average Bonchev–Trinajstić information content (AvgIpc) is 3.14. The first-order valence-corrected chi connectivity index (χ1v) is 9.51. The normalized spacial score (nSPS) is 14.1. The van der Waals surface area contributed by atoms with Crippen molar-refractivity contribution in [2.24, 2.45) is 0 Å². The molecule has 1 fully saturated rings. The molecule has 0 bridgehead atoms. The van der Waals surface area contributed by atoms with Crippen LogP contribution in [0.5, 0.6) is 0 Å². The molecule has 0 spiro atoms. The van der Waals surface area contributed by atoms with Crippen molar-refractivity contribution in [3.63, 3.8) is 0 Å². The van der Waals surface area contributed by atoms with E-state index in [2.05, 4.69) is 35.4 Å². The van der Waals surface area contributed by atoms with Crippen LogP contribution in [0.1, 0.15) is 16.1 Å². The Morgan fingerprint density at radius 2 is 1.64 bits per heavy atom. The van der Waals surface area contributed by atoms with Gasteiger partial charge in [-0.3, -0.25) is 0 Å². The molecule has 1 saturated heterocycles. The minimum atomic E-state index is -0.320. The first kappa shape index (κ1) is 18.3. The van der Waals surface area contributed by atoms with Crippen molar-refractivity contribution in [1.29, 1.82) is 0 Å². The Morgan fingerprint density at radius 1 is 1.00 bits per heavy atom. The van der Waals surface area contributed by atoms with Crippen LogP contribution in [-0.2, 0) is 16.0 Å². The number of benzene rings is 2. The van der Waals surface area contributed by atoms with Crippen LogP contribution in [0.2, 0.25) is 0 Å². The Morgan fingerprint density at radius 3 is 2.29 bits per heavy atom. The summed E-state index contributed by atoms with van der Waals surface area (Å²) >= 11 is 0. The molecule has 3 aromatic rings. The topological polar surface area (TPSA) is 43.7 Å². The van der Waals surface area contributed by atoms with E-state index in [9.17, 15) is 4.79 Å². The molecular weight excluding hydrogens is 352 g/mol. The number of esters is 1. The summed E-state index contributed by atoms with van der Waals surface area (Å²) in [7, 11) is 1.44. The molecule has 0 unspecified atom stereocenters. The molecule has 5 nitrogen and oxygen atoms in total. The van der Waals surface area contributed by atoms with Crippen molar-refractivity contribution >= 4 is 11.7 Å². The summed E-state index contributed by atoms with van der Waals surface area (Å²) < 4.78 is 12.7. The lowest BCUT2D eigenvalue weighted by molar-refractivity contribution is 0.0588. The number of ether oxygens (including phenoxy) is 2. The molecule has 0 aliphatic carbocycles. The summed E-state index contributed by atoms with van der Waals surface area (Å²) in [6, 6.07) is 20.3. The Bertz CT molecular complexity index is 929. The molecular formula is C23H24N2O3. The van der Waals surface area contributed by atoms with Crippen molar-refractivity contribution in [2.45, 2.75) is 6.54 Å². The molecule has 1 aromatic heterocycles. The standard InChI is InChI=1S/C23H24N2O3/c1-27-23(26)22-21(24-12-14-28-15-13-24)20(19-10-6-3-7-11-19)17-25(22)16-18-8-4-2-5-9-18/h2-11,17H,12-16H2,1H3. The van der Waals surface area contributed by atoms with E-state index in [1.165, 1.54) is 7.11 Å². The summed E-state index contributed by atoms with van der Waals surface area (Å²) in [5.41, 5.74) is 4.78. The van der Waals surface area contributed by atoms with Gasteiger partial charge in [-0.1, -0.05) is 60.7 Å². The number of aromatic nitrogens is 1. The highest BCUT2D eigenvalue weighted by molar-refractivity contribution is 6.00. The fourth-order valence-corrected chi connectivity index (χ4v) is 3.70. The second-order valence-electron chi connectivity index (χ2n) is 6.81. The maximum absolute atomic E-state index is 12.8. The van der Waals surface area contributed by atoms with E-state index in [1.54, 1.807) is 0 Å². The van der Waals surface area contributed by atoms with Crippen molar-refractivity contribution in [2.75, 3.05) is 38.3 Å². The van der Waals surface area contributed by atoms with Gasteiger partial charge in [0.25, 0.3) is 0 Å². The highest BCUT2D eigenvalue weighted by atomic mass is 16.5. The smallest absolute Gasteiger partial charge is 0.356 e. The zero-order chi connectivity index (χ0) is 19.3. The van der Waals surface area contributed by atoms with Crippen LogP contribution in [0.15, 0.2) is 66.9 Å². The van der Waals surface area contributed by atoms with Gasteiger partial charge in [0.2, 0.25) is 0 Å². The lowest BCUT2D eigenvalue weighted by Gasteiger charge is -2.30. The second kappa shape index (κ2) is 8.31. The van der Waals surface area contributed by atoms with Gasteiger partial charge in [-0.25, -0.2) is 4.79 Å². The first-order chi connectivity index (χ1) is 13.8. The number of nitrogens with zero attached hydrogens (tertiary/aromatic N) is 2. The van der Waals surface area contributed by atoms with Crippen LogP contribution < -0.4 is 4.90 Å². The molecule has 2 heterocycles. The predicted octanol–water partition coefficient (Wildman–Crippen LogP) is 3.83. The monoisotopic (exact) mass is 376 g/mol. The number of rotatable bonds is 5. The molecule has 5 heteroatoms. The fourth-order valence-electron chi connectivity index (χ4n) is 3.70. The van der Waals surface area contributed by atoms with Crippen LogP contribution >= 0.6 is 0 Å². The molecule has 28 heavy (non-hydrogen) atoms. The summed E-state index contributed by atoms with van der Waals surface area (Å²) in [4.78, 5) is 15.1. The second-order valence-corrected chi connectivity index (χ2v) is 6.81. The van der Waals surface area contributed by atoms with Gasteiger partial charge >= 0.3 is 5.97 Å². The van der Waals surface area contributed by atoms with E-state index in [-0.39, 0.29) is 5.97 Å². The third kappa shape index (κ3) is 3.66. The minimum Gasteiger partial charge on any atom is -0.464 e. The van der Waals surface area contributed by atoms with Crippen LogP contribution in [0.25, 0.3) is 11.1 Å². The van der Waals surface area contributed by atoms with Gasteiger partial charge < -0.3 is 18.9 Å². The van der Waals surface area contributed by atoms with E-state index in [4.69, 9.17) is 9.47 Å². The number of hydrogen-bond donors (Lipinski definition) is 0. The van der Waals surface area contributed by atoms with Gasteiger partial charge in [-0.05, 0) is 11.1 Å². The lowest BCUT2D eigenvalue weighted by Crippen LogP contribution is -2.37. The number of carbonyl (C=O) groups excluding carboxylic acids is 1. The van der Waals surface area contributed by atoms with E-state index in [0.29, 0.717) is 25.5 Å². The molecule has 0 saturated carbocycles. The van der Waals surface area contributed by atoms with Crippen molar-refractivity contribution < 1.29 is 14.3 Å². The van der Waals surface area contributed by atoms with Crippen molar-refractivity contribution in [3.8, 4) is 11.1 Å². The Labute approximate surface area is 165 Å². The van der Waals surface area contributed by atoms with Crippen molar-refractivity contribution in [1.82, 2.24) is 4.57 Å². The number of hydrogen-bond acceptors (Lipinski definition) is 4. The summed E-state index contributed by atoms with van der Waals surface area (Å²) in [6.07, 6.45) is 2.07. The van der Waals surface area contributed by atoms with Crippen LogP contribution in [0, 0.1) is 0 Å². The molecule has 2 aromatic carbocycles. The SMILES string of the molecule is COC(=O)c1c(N2CCOCC2)c(-c2ccccc2)cn1Cc1ccccc1. The largest absolute Gasteiger partial charge is 0.464 e. The van der Waals surface area contributed by atoms with Gasteiger partial charge in [0.15, 0.2) is 5.69 Å². The van der Waals surface area contributed by atoms with Gasteiger partial charge in [0, 0.05) is 31.4 Å². The number of carbonyl (C=O) groups is 1. The molecule has 0 N–H and O–H groups in total. The van der Waals surface area contributed by atoms with Gasteiger partial charge in [0.05, 0.1) is 26.0 Å². The van der Waals surface area contributed by atoms with Crippen LogP contribution in [0.3, 0.4) is 0 Å². The molecule has 4 rings (SSSR count). The molecule has 144 valence electrons. The number of methoxy groups -OCH3 is 1. The zero-order valence-corrected chi connectivity index (χ0v) is 16.0. The molecule has 0 atom stereocenters. The predicted molar refractivity (Wildman–Crippen MR) is 110 cm³/mol.